The Labute approximate surface area is 100 Å². The maximum absolute atomic E-state index is 5.65. The number of rotatable bonds is 9. The van der Waals surface area contributed by atoms with Crippen LogP contribution in [0.1, 0.15) is 52.4 Å². The standard InChI is InChI=1S/C14H27NO/c1-3-9-16-10-8-14(2,12-4-5-12)11-15-13-6-7-13/h12-13,15H,3-11H2,1-2H3. The van der Waals surface area contributed by atoms with E-state index in [1.807, 2.05) is 0 Å². The van der Waals surface area contributed by atoms with Crippen LogP contribution < -0.4 is 5.32 Å². The van der Waals surface area contributed by atoms with Crippen LogP contribution in [0.5, 0.6) is 0 Å². The molecule has 0 aromatic heterocycles. The third-order valence-corrected chi connectivity index (χ3v) is 4.10. The lowest BCUT2D eigenvalue weighted by Crippen LogP contribution is -2.35. The van der Waals surface area contributed by atoms with E-state index in [2.05, 4.69) is 19.2 Å². The van der Waals surface area contributed by atoms with Crippen molar-refractivity contribution < 1.29 is 4.74 Å². The van der Waals surface area contributed by atoms with Crippen LogP contribution in [-0.4, -0.2) is 25.8 Å². The molecule has 1 unspecified atom stereocenters. The summed E-state index contributed by atoms with van der Waals surface area (Å²) in [6.45, 7) is 7.71. The lowest BCUT2D eigenvalue weighted by molar-refractivity contribution is 0.0900. The van der Waals surface area contributed by atoms with Crippen LogP contribution in [0.4, 0.5) is 0 Å². The number of nitrogens with one attached hydrogen (secondary N) is 1. The van der Waals surface area contributed by atoms with Gasteiger partial charge in [0.15, 0.2) is 0 Å². The normalized spacial score (nSPS) is 24.4. The van der Waals surface area contributed by atoms with Crippen LogP contribution in [0.25, 0.3) is 0 Å². The molecule has 2 rings (SSSR count). The third-order valence-electron chi connectivity index (χ3n) is 4.10. The molecule has 94 valence electrons. The van der Waals surface area contributed by atoms with E-state index < -0.39 is 0 Å². The molecule has 0 aliphatic heterocycles. The topological polar surface area (TPSA) is 21.3 Å². The van der Waals surface area contributed by atoms with Crippen LogP contribution in [0, 0.1) is 11.3 Å². The minimum Gasteiger partial charge on any atom is -0.381 e. The van der Waals surface area contributed by atoms with Gasteiger partial charge in [-0.3, -0.25) is 0 Å². The largest absolute Gasteiger partial charge is 0.381 e. The lowest BCUT2D eigenvalue weighted by Gasteiger charge is -2.30. The summed E-state index contributed by atoms with van der Waals surface area (Å²) in [5.74, 6) is 0.962. The van der Waals surface area contributed by atoms with Crippen LogP contribution in [0.15, 0.2) is 0 Å². The first-order chi connectivity index (χ1) is 7.74. The highest BCUT2D eigenvalue weighted by Crippen LogP contribution is 2.47. The SMILES string of the molecule is CCCOCCC(C)(CNC1CC1)C1CC1. The van der Waals surface area contributed by atoms with Crippen LogP contribution >= 0.6 is 0 Å². The summed E-state index contributed by atoms with van der Waals surface area (Å²) in [6.07, 6.45) is 8.05. The van der Waals surface area contributed by atoms with E-state index in [9.17, 15) is 0 Å². The van der Waals surface area contributed by atoms with Gasteiger partial charge in [0.1, 0.15) is 0 Å². The summed E-state index contributed by atoms with van der Waals surface area (Å²) >= 11 is 0. The third kappa shape index (κ3) is 3.74. The van der Waals surface area contributed by atoms with Gasteiger partial charge < -0.3 is 10.1 Å². The lowest BCUT2D eigenvalue weighted by atomic mass is 9.81. The van der Waals surface area contributed by atoms with Gasteiger partial charge in [0.05, 0.1) is 0 Å². The Morgan fingerprint density at radius 3 is 2.50 bits per heavy atom. The van der Waals surface area contributed by atoms with E-state index in [-0.39, 0.29) is 0 Å². The van der Waals surface area contributed by atoms with Gasteiger partial charge in [-0.05, 0) is 49.9 Å². The van der Waals surface area contributed by atoms with E-state index >= 15 is 0 Å². The zero-order chi connectivity index (χ0) is 11.4. The molecule has 2 nitrogen and oxygen atoms in total. The van der Waals surface area contributed by atoms with Crippen LogP contribution in [0.2, 0.25) is 0 Å². The minimum absolute atomic E-state index is 0.496. The summed E-state index contributed by atoms with van der Waals surface area (Å²) < 4.78 is 5.65. The first-order valence-electron chi connectivity index (χ1n) is 7.06. The Morgan fingerprint density at radius 2 is 1.94 bits per heavy atom. The molecule has 2 aliphatic carbocycles. The Kier molecular flexibility index (Phi) is 4.26. The average molecular weight is 225 g/mol. The number of ether oxygens (including phenoxy) is 1. The summed E-state index contributed by atoms with van der Waals surface area (Å²) in [4.78, 5) is 0. The van der Waals surface area contributed by atoms with Crippen LogP contribution in [0.3, 0.4) is 0 Å². The molecule has 1 atom stereocenters. The Balaban J connectivity index is 1.68. The summed E-state index contributed by atoms with van der Waals surface area (Å²) in [6, 6.07) is 0.842. The van der Waals surface area contributed by atoms with E-state index in [1.54, 1.807) is 0 Å². The van der Waals surface area contributed by atoms with Gasteiger partial charge in [-0.1, -0.05) is 13.8 Å². The van der Waals surface area contributed by atoms with Crippen molar-refractivity contribution in [2.75, 3.05) is 19.8 Å². The fraction of sp³-hybridized carbons (Fsp3) is 1.00. The molecule has 0 saturated heterocycles. The predicted molar refractivity (Wildman–Crippen MR) is 67.6 cm³/mol. The zero-order valence-corrected chi connectivity index (χ0v) is 10.9. The highest BCUT2D eigenvalue weighted by Gasteiger charge is 2.41. The zero-order valence-electron chi connectivity index (χ0n) is 10.9. The molecule has 0 amide bonds. The molecular formula is C14H27NO. The summed E-state index contributed by atoms with van der Waals surface area (Å²) in [7, 11) is 0. The van der Waals surface area contributed by atoms with Gasteiger partial charge in [0.25, 0.3) is 0 Å². The average Bonchev–Trinajstić information content (AvgIpc) is 3.15. The number of hydrogen-bond donors (Lipinski definition) is 1. The maximum Gasteiger partial charge on any atom is 0.0471 e. The van der Waals surface area contributed by atoms with Crippen molar-refractivity contribution in [3.63, 3.8) is 0 Å². The molecule has 16 heavy (non-hydrogen) atoms. The second-order valence-corrected chi connectivity index (χ2v) is 5.95. The van der Waals surface area contributed by atoms with E-state index in [0.29, 0.717) is 5.41 Å². The fourth-order valence-corrected chi connectivity index (χ4v) is 2.43. The van der Waals surface area contributed by atoms with Crippen molar-refractivity contribution in [1.82, 2.24) is 5.32 Å². The van der Waals surface area contributed by atoms with E-state index in [1.165, 1.54) is 38.6 Å². The summed E-state index contributed by atoms with van der Waals surface area (Å²) in [5.41, 5.74) is 0.496. The molecule has 0 aromatic carbocycles. The highest BCUT2D eigenvalue weighted by molar-refractivity contribution is 4.94. The molecule has 2 aliphatic rings. The number of hydrogen-bond acceptors (Lipinski definition) is 2. The molecule has 0 heterocycles. The molecule has 0 bridgehead atoms. The smallest absolute Gasteiger partial charge is 0.0471 e. The highest BCUT2D eigenvalue weighted by atomic mass is 16.5. The van der Waals surface area contributed by atoms with Crippen molar-refractivity contribution in [2.24, 2.45) is 11.3 Å². The molecule has 1 N–H and O–H groups in total. The van der Waals surface area contributed by atoms with Gasteiger partial charge in [-0.2, -0.15) is 0 Å². The van der Waals surface area contributed by atoms with Crippen LogP contribution in [-0.2, 0) is 4.74 Å². The quantitative estimate of drug-likeness (QED) is 0.609. The summed E-state index contributed by atoms with van der Waals surface area (Å²) in [5, 5.41) is 3.70. The maximum atomic E-state index is 5.65. The van der Waals surface area contributed by atoms with E-state index in [0.717, 1.165) is 31.6 Å². The molecule has 2 fully saturated rings. The minimum atomic E-state index is 0.496. The molecule has 2 saturated carbocycles. The molecular weight excluding hydrogens is 198 g/mol. The van der Waals surface area contributed by atoms with E-state index in [4.69, 9.17) is 4.74 Å². The van der Waals surface area contributed by atoms with Crippen molar-refractivity contribution in [3.8, 4) is 0 Å². The first kappa shape index (κ1) is 12.4. The van der Waals surface area contributed by atoms with Gasteiger partial charge in [-0.15, -0.1) is 0 Å². The van der Waals surface area contributed by atoms with Crippen molar-refractivity contribution in [2.45, 2.75) is 58.4 Å². The van der Waals surface area contributed by atoms with Gasteiger partial charge in [0, 0.05) is 25.8 Å². The van der Waals surface area contributed by atoms with Crippen molar-refractivity contribution in [3.05, 3.63) is 0 Å². The predicted octanol–water partition coefficient (Wildman–Crippen LogP) is 2.97. The molecule has 2 heteroatoms. The Hall–Kier alpha value is -0.0800. The van der Waals surface area contributed by atoms with Gasteiger partial charge in [0.2, 0.25) is 0 Å². The second-order valence-electron chi connectivity index (χ2n) is 5.95. The fourth-order valence-electron chi connectivity index (χ4n) is 2.43. The van der Waals surface area contributed by atoms with Gasteiger partial charge in [-0.25, -0.2) is 0 Å². The van der Waals surface area contributed by atoms with Gasteiger partial charge >= 0.3 is 0 Å². The first-order valence-corrected chi connectivity index (χ1v) is 7.06. The van der Waals surface area contributed by atoms with Crippen molar-refractivity contribution >= 4 is 0 Å². The Morgan fingerprint density at radius 1 is 1.19 bits per heavy atom. The molecule has 0 spiro atoms. The second kappa shape index (κ2) is 5.50. The Bertz CT molecular complexity index is 211. The van der Waals surface area contributed by atoms with Crippen molar-refractivity contribution in [1.29, 1.82) is 0 Å². The monoisotopic (exact) mass is 225 g/mol. The molecule has 0 radical (unpaired) electrons. The molecule has 0 aromatic rings.